The van der Waals surface area contributed by atoms with Gasteiger partial charge in [-0.25, -0.2) is 4.90 Å². The quantitative estimate of drug-likeness (QED) is 0.518. The third kappa shape index (κ3) is 3.80. The van der Waals surface area contributed by atoms with Gasteiger partial charge >= 0.3 is 0 Å². The lowest BCUT2D eigenvalue weighted by molar-refractivity contribution is -0.137. The molecule has 1 aliphatic rings. The van der Waals surface area contributed by atoms with Gasteiger partial charge in [0, 0.05) is 17.0 Å². The summed E-state index contributed by atoms with van der Waals surface area (Å²) < 4.78 is 1.02. The van der Waals surface area contributed by atoms with Crippen LogP contribution in [0.2, 0.25) is 0 Å². The zero-order valence-electron chi connectivity index (χ0n) is 14.6. The molecule has 1 atom stereocenters. The number of hydrogen-bond donors (Lipinski definition) is 0. The molecule has 0 radical (unpaired) electrons. The topological polar surface area (TPSA) is 57.7 Å². The molecule has 0 spiro atoms. The van der Waals surface area contributed by atoms with Crippen LogP contribution in [-0.4, -0.2) is 28.7 Å². The Morgan fingerprint density at radius 2 is 1.73 bits per heavy atom. The van der Waals surface area contributed by atoms with E-state index in [1.165, 1.54) is 16.7 Å². The summed E-state index contributed by atoms with van der Waals surface area (Å²) in [6.07, 6.45) is 0.0102. The summed E-state index contributed by atoms with van der Waals surface area (Å²) in [7, 11) is 0. The first-order valence-electron chi connectivity index (χ1n) is 8.32. The van der Waals surface area contributed by atoms with E-state index < -0.39 is 6.04 Å². The van der Waals surface area contributed by atoms with Gasteiger partial charge < -0.3 is 4.90 Å². The Balaban J connectivity index is 1.85. The van der Waals surface area contributed by atoms with Gasteiger partial charge in [0.15, 0.2) is 0 Å². The fraction of sp³-hybridized carbons (Fsp3) is 0.250. The van der Waals surface area contributed by atoms with Crippen LogP contribution in [0.5, 0.6) is 0 Å². The summed E-state index contributed by atoms with van der Waals surface area (Å²) in [4.78, 5) is 40.2. The van der Waals surface area contributed by atoms with E-state index in [0.29, 0.717) is 12.2 Å². The molecule has 0 aliphatic carbocycles. The van der Waals surface area contributed by atoms with Gasteiger partial charge in [-0.1, -0.05) is 29.8 Å². The number of benzene rings is 2. The molecule has 26 heavy (non-hydrogen) atoms. The van der Waals surface area contributed by atoms with Crippen molar-refractivity contribution in [3.05, 3.63) is 63.2 Å². The minimum atomic E-state index is -0.763. The molecule has 0 saturated carbocycles. The average molecular weight is 462 g/mol. The fourth-order valence-electron chi connectivity index (χ4n) is 3.05. The second-order valence-corrected chi connectivity index (χ2v) is 7.64. The molecular weight excluding hydrogens is 443 g/mol. The highest BCUT2D eigenvalue weighted by atomic mass is 127. The van der Waals surface area contributed by atoms with E-state index in [0.717, 1.165) is 14.7 Å². The predicted octanol–water partition coefficient (Wildman–Crippen LogP) is 3.28. The van der Waals surface area contributed by atoms with E-state index in [-0.39, 0.29) is 24.1 Å². The lowest BCUT2D eigenvalue weighted by atomic mass is 10.1. The number of rotatable bonds is 4. The Bertz CT molecular complexity index is 846. The normalized spacial score (nSPS) is 16.9. The van der Waals surface area contributed by atoms with E-state index in [4.69, 9.17) is 0 Å². The van der Waals surface area contributed by atoms with Gasteiger partial charge in [-0.05, 0) is 59.3 Å². The summed E-state index contributed by atoms with van der Waals surface area (Å²) in [6, 6.07) is 14.2. The van der Waals surface area contributed by atoms with Crippen molar-refractivity contribution in [1.29, 1.82) is 0 Å². The number of imide groups is 1. The number of amides is 3. The third-order valence-corrected chi connectivity index (χ3v) is 5.18. The summed E-state index contributed by atoms with van der Waals surface area (Å²) in [6.45, 7) is 3.73. The minimum absolute atomic E-state index is 0.0102. The lowest BCUT2D eigenvalue weighted by Crippen LogP contribution is -2.44. The second kappa shape index (κ2) is 7.57. The van der Waals surface area contributed by atoms with Crippen LogP contribution in [-0.2, 0) is 20.9 Å². The summed E-state index contributed by atoms with van der Waals surface area (Å²) >= 11 is 2.17. The van der Waals surface area contributed by atoms with Crippen molar-refractivity contribution < 1.29 is 14.4 Å². The Labute approximate surface area is 166 Å². The van der Waals surface area contributed by atoms with Gasteiger partial charge in [0.2, 0.25) is 11.8 Å². The summed E-state index contributed by atoms with van der Waals surface area (Å²) in [5.41, 5.74) is 2.60. The molecule has 134 valence electrons. The molecular formula is C20H19IN2O3. The van der Waals surface area contributed by atoms with Crippen LogP contribution in [0.15, 0.2) is 48.5 Å². The number of carbonyl (C=O) groups is 3. The Morgan fingerprint density at radius 3 is 2.31 bits per heavy atom. The molecule has 0 aromatic heterocycles. The first-order chi connectivity index (χ1) is 12.4. The van der Waals surface area contributed by atoms with Gasteiger partial charge in [-0.15, -0.1) is 0 Å². The van der Waals surface area contributed by atoms with E-state index in [1.807, 2.05) is 43.3 Å². The zero-order chi connectivity index (χ0) is 18.8. The number of carbonyl (C=O) groups excluding carboxylic acids is 3. The highest BCUT2D eigenvalue weighted by molar-refractivity contribution is 14.1. The second-order valence-electron chi connectivity index (χ2n) is 6.40. The zero-order valence-corrected chi connectivity index (χ0v) is 16.8. The Kier molecular flexibility index (Phi) is 5.41. The number of aryl methyl sites for hydroxylation is 1. The first-order valence-corrected chi connectivity index (χ1v) is 9.40. The lowest BCUT2D eigenvalue weighted by Gasteiger charge is -2.26. The van der Waals surface area contributed by atoms with Crippen LogP contribution in [0, 0.1) is 10.5 Å². The van der Waals surface area contributed by atoms with Crippen LogP contribution in [0.3, 0.4) is 0 Å². The number of hydrogen-bond acceptors (Lipinski definition) is 3. The van der Waals surface area contributed by atoms with Crippen molar-refractivity contribution >= 4 is 46.0 Å². The Morgan fingerprint density at radius 1 is 1.12 bits per heavy atom. The van der Waals surface area contributed by atoms with Crippen molar-refractivity contribution in [2.75, 3.05) is 4.90 Å². The number of anilines is 1. The molecule has 1 heterocycles. The maximum absolute atomic E-state index is 12.9. The summed E-state index contributed by atoms with van der Waals surface area (Å²) in [5.74, 6) is -0.851. The summed E-state index contributed by atoms with van der Waals surface area (Å²) in [5, 5.41) is 0. The SMILES string of the molecule is CC(=O)N(Cc1ccc(C)cc1)C1CC(=O)N(c2ccc(I)cc2)C1=O. The van der Waals surface area contributed by atoms with Crippen molar-refractivity contribution in [3.63, 3.8) is 0 Å². The highest BCUT2D eigenvalue weighted by Gasteiger charge is 2.43. The maximum Gasteiger partial charge on any atom is 0.257 e. The molecule has 0 N–H and O–H groups in total. The van der Waals surface area contributed by atoms with E-state index in [2.05, 4.69) is 22.6 Å². The monoisotopic (exact) mass is 462 g/mol. The van der Waals surface area contributed by atoms with Crippen LogP contribution >= 0.6 is 22.6 Å². The van der Waals surface area contributed by atoms with Crippen molar-refractivity contribution in [2.24, 2.45) is 0 Å². The van der Waals surface area contributed by atoms with Crippen LogP contribution in [0.1, 0.15) is 24.5 Å². The number of halogens is 1. The highest BCUT2D eigenvalue weighted by Crippen LogP contribution is 2.27. The molecule has 3 rings (SSSR count). The smallest absolute Gasteiger partial charge is 0.257 e. The minimum Gasteiger partial charge on any atom is -0.326 e. The first kappa shape index (κ1) is 18.6. The molecule has 2 aromatic rings. The van der Waals surface area contributed by atoms with Gasteiger partial charge in [0.1, 0.15) is 6.04 Å². The van der Waals surface area contributed by atoms with Crippen LogP contribution in [0.4, 0.5) is 5.69 Å². The molecule has 6 heteroatoms. The average Bonchev–Trinajstić information content (AvgIpc) is 2.89. The molecule has 5 nitrogen and oxygen atoms in total. The van der Waals surface area contributed by atoms with E-state index in [9.17, 15) is 14.4 Å². The van der Waals surface area contributed by atoms with E-state index >= 15 is 0 Å². The standard InChI is InChI=1S/C20H19IN2O3/c1-13-3-5-15(6-4-13)12-22(14(2)24)18-11-19(25)23(20(18)26)17-9-7-16(21)8-10-17/h3-10,18H,11-12H2,1-2H3. The molecule has 1 fully saturated rings. The van der Waals surface area contributed by atoms with Gasteiger partial charge in [-0.2, -0.15) is 0 Å². The van der Waals surface area contributed by atoms with Gasteiger partial charge in [-0.3, -0.25) is 14.4 Å². The molecule has 1 aliphatic heterocycles. The molecule has 1 saturated heterocycles. The van der Waals surface area contributed by atoms with Crippen LogP contribution in [0.25, 0.3) is 0 Å². The maximum atomic E-state index is 12.9. The fourth-order valence-corrected chi connectivity index (χ4v) is 3.41. The molecule has 0 bridgehead atoms. The number of nitrogens with zero attached hydrogens (tertiary/aromatic N) is 2. The van der Waals surface area contributed by atoms with Gasteiger partial charge in [0.25, 0.3) is 5.91 Å². The predicted molar refractivity (Wildman–Crippen MR) is 107 cm³/mol. The van der Waals surface area contributed by atoms with Crippen molar-refractivity contribution in [3.8, 4) is 0 Å². The Hall–Kier alpha value is -2.22. The third-order valence-electron chi connectivity index (χ3n) is 4.46. The van der Waals surface area contributed by atoms with Gasteiger partial charge in [0.05, 0.1) is 12.1 Å². The molecule has 2 aromatic carbocycles. The van der Waals surface area contributed by atoms with E-state index in [1.54, 1.807) is 12.1 Å². The van der Waals surface area contributed by atoms with Crippen molar-refractivity contribution in [2.45, 2.75) is 32.9 Å². The van der Waals surface area contributed by atoms with Crippen molar-refractivity contribution in [1.82, 2.24) is 4.90 Å². The molecule has 1 unspecified atom stereocenters. The largest absolute Gasteiger partial charge is 0.326 e. The van der Waals surface area contributed by atoms with Crippen LogP contribution < -0.4 is 4.90 Å². The molecule has 3 amide bonds.